The third kappa shape index (κ3) is 3.46. The Morgan fingerprint density at radius 1 is 1.20 bits per heavy atom. The second-order valence-corrected chi connectivity index (χ2v) is 7.37. The van der Waals surface area contributed by atoms with Crippen LogP contribution in [0.3, 0.4) is 0 Å². The molecule has 1 N–H and O–H groups in total. The molecule has 1 aromatic heterocycles. The van der Waals surface area contributed by atoms with Crippen LogP contribution in [0, 0.1) is 5.82 Å². The number of aliphatic hydroxyl groups excluding tert-OH is 1. The number of aliphatic hydroxyl groups is 1. The number of rotatable bonds is 6. The van der Waals surface area contributed by atoms with E-state index in [1.165, 1.54) is 46.7 Å². The summed E-state index contributed by atoms with van der Waals surface area (Å²) in [4.78, 5) is 31.6. The average molecular weight is 424 g/mol. The van der Waals surface area contributed by atoms with Crippen LogP contribution in [-0.2, 0) is 4.79 Å². The number of thiazole rings is 1. The smallest absolute Gasteiger partial charge is 0.296 e. The van der Waals surface area contributed by atoms with Gasteiger partial charge in [0.05, 0.1) is 18.2 Å². The first-order valence-corrected chi connectivity index (χ1v) is 10.1. The summed E-state index contributed by atoms with van der Waals surface area (Å²) in [6, 6.07) is 11.0. The first kappa shape index (κ1) is 19.8. The van der Waals surface area contributed by atoms with Gasteiger partial charge in [0.2, 0.25) is 0 Å². The molecule has 0 spiro atoms. The maximum atomic E-state index is 13.5. The van der Waals surface area contributed by atoms with Crippen molar-refractivity contribution < 1.29 is 23.8 Å². The van der Waals surface area contributed by atoms with Crippen molar-refractivity contribution in [3.05, 3.63) is 88.4 Å². The zero-order chi connectivity index (χ0) is 21.3. The number of nitrogens with zero attached hydrogens (tertiary/aromatic N) is 2. The van der Waals surface area contributed by atoms with Crippen molar-refractivity contribution in [3.8, 4) is 5.75 Å². The predicted octanol–water partition coefficient (Wildman–Crippen LogP) is 4.46. The van der Waals surface area contributed by atoms with E-state index in [9.17, 15) is 19.1 Å². The van der Waals surface area contributed by atoms with Gasteiger partial charge in [0.25, 0.3) is 5.91 Å². The molecule has 3 aromatic rings. The number of carbonyl (C=O) groups excluding carboxylic acids is 2. The highest BCUT2D eigenvalue weighted by Crippen LogP contribution is 2.42. The number of ketones is 1. The molecule has 0 saturated carbocycles. The number of halogens is 1. The van der Waals surface area contributed by atoms with Gasteiger partial charge in [0.1, 0.15) is 11.6 Å². The monoisotopic (exact) mass is 424 g/mol. The number of benzene rings is 2. The van der Waals surface area contributed by atoms with Crippen molar-refractivity contribution >= 4 is 28.2 Å². The van der Waals surface area contributed by atoms with Crippen molar-refractivity contribution in [1.29, 1.82) is 0 Å². The van der Waals surface area contributed by atoms with Gasteiger partial charge in [-0.25, -0.2) is 9.37 Å². The Kier molecular flexibility index (Phi) is 5.33. The second kappa shape index (κ2) is 8.08. The molecule has 1 amide bonds. The number of amides is 1. The Hall–Kier alpha value is -3.52. The summed E-state index contributed by atoms with van der Waals surface area (Å²) >= 11 is 1.20. The molecule has 4 rings (SSSR count). The lowest BCUT2D eigenvalue weighted by Crippen LogP contribution is -2.30. The van der Waals surface area contributed by atoms with Crippen LogP contribution in [0.5, 0.6) is 5.75 Å². The number of aromatic nitrogens is 1. The molecule has 30 heavy (non-hydrogen) atoms. The average Bonchev–Trinajstić information content (AvgIpc) is 3.36. The van der Waals surface area contributed by atoms with Gasteiger partial charge in [-0.3, -0.25) is 14.5 Å². The van der Waals surface area contributed by atoms with Gasteiger partial charge < -0.3 is 9.84 Å². The highest BCUT2D eigenvalue weighted by atomic mass is 32.1. The first-order chi connectivity index (χ1) is 14.5. The van der Waals surface area contributed by atoms with E-state index in [1.807, 2.05) is 6.92 Å². The molecule has 2 heterocycles. The summed E-state index contributed by atoms with van der Waals surface area (Å²) < 4.78 is 18.9. The van der Waals surface area contributed by atoms with Gasteiger partial charge in [-0.15, -0.1) is 11.3 Å². The second-order valence-electron chi connectivity index (χ2n) is 6.49. The molecule has 6 nitrogen and oxygen atoms in total. The SMILES string of the molecule is CCOc1ccc(C(=O)C2=C(O)C(=O)N(c3nccs3)C2c2ccc(F)cc2)cc1. The topological polar surface area (TPSA) is 79.7 Å². The van der Waals surface area contributed by atoms with Crippen molar-refractivity contribution in [2.24, 2.45) is 0 Å². The number of carbonyl (C=O) groups is 2. The zero-order valence-electron chi connectivity index (χ0n) is 15.9. The van der Waals surface area contributed by atoms with E-state index < -0.39 is 29.3 Å². The lowest BCUT2D eigenvalue weighted by Gasteiger charge is -2.24. The highest BCUT2D eigenvalue weighted by Gasteiger charge is 2.45. The Balaban J connectivity index is 1.79. The number of ether oxygens (including phenoxy) is 1. The van der Waals surface area contributed by atoms with E-state index in [0.29, 0.717) is 28.6 Å². The molecule has 8 heteroatoms. The summed E-state index contributed by atoms with van der Waals surface area (Å²) in [5, 5.41) is 12.6. The Morgan fingerprint density at radius 2 is 1.90 bits per heavy atom. The largest absolute Gasteiger partial charge is 0.503 e. The number of hydrogen-bond donors (Lipinski definition) is 1. The molecule has 152 valence electrons. The van der Waals surface area contributed by atoms with Gasteiger partial charge in [-0.05, 0) is 48.9 Å². The van der Waals surface area contributed by atoms with Crippen molar-refractivity contribution in [1.82, 2.24) is 4.98 Å². The summed E-state index contributed by atoms with van der Waals surface area (Å²) in [7, 11) is 0. The number of Topliss-reactive ketones (excluding diaryl/α,β-unsaturated/α-hetero) is 1. The van der Waals surface area contributed by atoms with Gasteiger partial charge in [0.15, 0.2) is 16.7 Å². The molecular formula is C22H17FN2O4S. The van der Waals surface area contributed by atoms with E-state index in [-0.39, 0.29) is 5.57 Å². The van der Waals surface area contributed by atoms with Crippen molar-refractivity contribution in [2.75, 3.05) is 11.5 Å². The van der Waals surface area contributed by atoms with Crippen molar-refractivity contribution in [3.63, 3.8) is 0 Å². The Bertz CT molecular complexity index is 1110. The molecule has 0 bridgehead atoms. The molecule has 0 fully saturated rings. The van der Waals surface area contributed by atoms with E-state index in [4.69, 9.17) is 4.74 Å². The van der Waals surface area contributed by atoms with Gasteiger partial charge >= 0.3 is 0 Å². The van der Waals surface area contributed by atoms with Crippen LogP contribution in [0.25, 0.3) is 0 Å². The minimum Gasteiger partial charge on any atom is -0.503 e. The standard InChI is InChI=1S/C22H17FN2O4S/c1-2-29-16-9-5-14(6-10-16)19(26)17-18(13-3-7-15(23)8-4-13)25(21(28)20(17)27)22-24-11-12-30-22/h3-12,18,27H,2H2,1H3. The molecular weight excluding hydrogens is 407 g/mol. The van der Waals surface area contributed by atoms with Gasteiger partial charge in [-0.2, -0.15) is 0 Å². The lowest BCUT2D eigenvalue weighted by molar-refractivity contribution is -0.117. The molecule has 1 aliphatic heterocycles. The third-order valence-electron chi connectivity index (χ3n) is 4.69. The van der Waals surface area contributed by atoms with Crippen LogP contribution in [0.15, 0.2) is 71.4 Å². The fourth-order valence-electron chi connectivity index (χ4n) is 3.35. The van der Waals surface area contributed by atoms with Crippen LogP contribution >= 0.6 is 11.3 Å². The fraction of sp³-hybridized carbons (Fsp3) is 0.136. The highest BCUT2D eigenvalue weighted by molar-refractivity contribution is 7.13. The Morgan fingerprint density at radius 3 is 2.50 bits per heavy atom. The van der Waals surface area contributed by atoms with E-state index >= 15 is 0 Å². The van der Waals surface area contributed by atoms with E-state index in [0.717, 1.165) is 0 Å². The third-order valence-corrected chi connectivity index (χ3v) is 5.46. The summed E-state index contributed by atoms with van der Waals surface area (Å²) in [5.74, 6) is -1.71. The number of anilines is 1. The van der Waals surface area contributed by atoms with Gasteiger partial charge in [-0.1, -0.05) is 12.1 Å². The number of hydrogen-bond acceptors (Lipinski definition) is 6. The van der Waals surface area contributed by atoms with Crippen LogP contribution in [-0.4, -0.2) is 28.4 Å². The van der Waals surface area contributed by atoms with Crippen LogP contribution in [0.2, 0.25) is 0 Å². The van der Waals surface area contributed by atoms with E-state index in [2.05, 4.69) is 4.98 Å². The normalized spacial score (nSPS) is 16.3. The molecule has 2 aromatic carbocycles. The fourth-order valence-corrected chi connectivity index (χ4v) is 4.02. The van der Waals surface area contributed by atoms with Crippen LogP contribution in [0.1, 0.15) is 28.9 Å². The molecule has 1 atom stereocenters. The molecule has 1 unspecified atom stereocenters. The molecule has 0 radical (unpaired) electrons. The summed E-state index contributed by atoms with van der Waals surface area (Å²) in [5.41, 5.74) is 0.699. The summed E-state index contributed by atoms with van der Waals surface area (Å²) in [6.45, 7) is 2.34. The van der Waals surface area contributed by atoms with E-state index in [1.54, 1.807) is 29.6 Å². The minimum absolute atomic E-state index is 0.0778. The molecule has 0 aliphatic carbocycles. The quantitative estimate of drug-likeness (QED) is 0.591. The minimum atomic E-state index is -0.927. The summed E-state index contributed by atoms with van der Waals surface area (Å²) in [6.07, 6.45) is 1.53. The Labute approximate surface area is 175 Å². The first-order valence-electron chi connectivity index (χ1n) is 9.20. The van der Waals surface area contributed by atoms with Crippen LogP contribution < -0.4 is 9.64 Å². The maximum absolute atomic E-state index is 13.5. The maximum Gasteiger partial charge on any atom is 0.296 e. The van der Waals surface area contributed by atoms with Crippen molar-refractivity contribution in [2.45, 2.75) is 13.0 Å². The lowest BCUT2D eigenvalue weighted by atomic mass is 9.93. The molecule has 0 saturated heterocycles. The predicted molar refractivity (Wildman–Crippen MR) is 110 cm³/mol. The van der Waals surface area contributed by atoms with Gasteiger partial charge in [0, 0.05) is 17.1 Å². The zero-order valence-corrected chi connectivity index (χ0v) is 16.7. The molecule has 1 aliphatic rings. The van der Waals surface area contributed by atoms with Crippen LogP contribution in [0.4, 0.5) is 9.52 Å².